The van der Waals surface area contributed by atoms with Crippen LogP contribution in [0.4, 0.5) is 0 Å². The number of aliphatic carboxylic acids is 2. The van der Waals surface area contributed by atoms with E-state index in [1.54, 1.807) is 0 Å². The molecule has 17 heavy (non-hydrogen) atoms. The van der Waals surface area contributed by atoms with Crippen molar-refractivity contribution >= 4 is 11.9 Å². The second-order valence-corrected chi connectivity index (χ2v) is 4.34. The summed E-state index contributed by atoms with van der Waals surface area (Å²) in [5.74, 6) is -2.63. The molecule has 0 aromatic rings. The van der Waals surface area contributed by atoms with Crippen LogP contribution < -0.4 is 0 Å². The minimum absolute atomic E-state index is 0.130. The van der Waals surface area contributed by atoms with Crippen LogP contribution in [0.5, 0.6) is 0 Å². The fraction of sp³-hybridized carbons (Fsp3) is 0.833. The molecule has 3 N–H and O–H groups in total. The van der Waals surface area contributed by atoms with Gasteiger partial charge < -0.3 is 15.3 Å². The normalized spacial score (nSPS) is 14.2. The molecule has 5 nitrogen and oxygen atoms in total. The summed E-state index contributed by atoms with van der Waals surface area (Å²) >= 11 is 0. The molecule has 0 aromatic heterocycles. The van der Waals surface area contributed by atoms with Crippen LogP contribution in [0.15, 0.2) is 0 Å². The van der Waals surface area contributed by atoms with Crippen LogP contribution >= 0.6 is 0 Å². The Labute approximate surface area is 101 Å². The maximum Gasteiger partial charge on any atom is 0.306 e. The van der Waals surface area contributed by atoms with Crippen LogP contribution in [0.25, 0.3) is 0 Å². The summed E-state index contributed by atoms with van der Waals surface area (Å²) in [5, 5.41) is 27.0. The third-order valence-electron chi connectivity index (χ3n) is 2.80. The molecule has 0 radical (unpaired) electrons. The molecule has 0 rings (SSSR count). The summed E-state index contributed by atoms with van der Waals surface area (Å²) in [6, 6.07) is 0. The van der Waals surface area contributed by atoms with Gasteiger partial charge >= 0.3 is 11.9 Å². The number of unbranched alkanes of at least 4 members (excludes halogenated alkanes) is 1. The molecule has 5 heteroatoms. The van der Waals surface area contributed by atoms with Crippen molar-refractivity contribution < 1.29 is 24.9 Å². The Bertz CT molecular complexity index is 239. The average molecular weight is 246 g/mol. The molecule has 0 aliphatic rings. The van der Waals surface area contributed by atoms with Gasteiger partial charge in [0.25, 0.3) is 0 Å². The predicted molar refractivity (Wildman–Crippen MR) is 62.8 cm³/mol. The topological polar surface area (TPSA) is 94.8 Å². The quantitative estimate of drug-likeness (QED) is 0.547. The van der Waals surface area contributed by atoms with Crippen molar-refractivity contribution in [2.75, 3.05) is 0 Å². The van der Waals surface area contributed by atoms with Gasteiger partial charge in [0.2, 0.25) is 0 Å². The second-order valence-electron chi connectivity index (χ2n) is 4.34. The van der Waals surface area contributed by atoms with Crippen molar-refractivity contribution in [3.8, 4) is 0 Å². The molecule has 0 aromatic carbocycles. The van der Waals surface area contributed by atoms with Gasteiger partial charge in [0.1, 0.15) is 0 Å². The third-order valence-corrected chi connectivity index (χ3v) is 2.80. The average Bonchev–Trinajstić information content (AvgIpc) is 2.25. The fourth-order valence-electron chi connectivity index (χ4n) is 1.67. The first-order chi connectivity index (χ1) is 7.97. The van der Waals surface area contributed by atoms with Gasteiger partial charge in [-0.1, -0.05) is 19.8 Å². The number of hydrogen-bond donors (Lipinski definition) is 3. The fourth-order valence-corrected chi connectivity index (χ4v) is 1.67. The Kier molecular flexibility index (Phi) is 8.40. The largest absolute Gasteiger partial charge is 0.481 e. The molecule has 100 valence electrons. The lowest BCUT2D eigenvalue weighted by atomic mass is 9.95. The third kappa shape index (κ3) is 8.68. The molecule has 0 amide bonds. The molecule has 0 spiro atoms. The van der Waals surface area contributed by atoms with E-state index in [4.69, 9.17) is 10.2 Å². The number of aliphatic hydroxyl groups is 1. The van der Waals surface area contributed by atoms with Crippen LogP contribution in [-0.2, 0) is 9.59 Å². The first-order valence-corrected chi connectivity index (χ1v) is 6.10. The van der Waals surface area contributed by atoms with E-state index in [1.165, 1.54) is 0 Å². The Morgan fingerprint density at radius 1 is 1.06 bits per heavy atom. The van der Waals surface area contributed by atoms with E-state index >= 15 is 0 Å². The van der Waals surface area contributed by atoms with Crippen molar-refractivity contribution in [3.63, 3.8) is 0 Å². The lowest BCUT2D eigenvalue weighted by Crippen LogP contribution is -2.18. The number of rotatable bonds is 10. The molecular weight excluding hydrogens is 224 g/mol. The zero-order valence-corrected chi connectivity index (χ0v) is 10.3. The summed E-state index contributed by atoms with van der Waals surface area (Å²) in [6.45, 7) is 2.03. The zero-order chi connectivity index (χ0) is 13.3. The summed E-state index contributed by atoms with van der Waals surface area (Å²) < 4.78 is 0. The van der Waals surface area contributed by atoms with E-state index in [9.17, 15) is 14.7 Å². The minimum atomic E-state index is -0.984. The van der Waals surface area contributed by atoms with Crippen molar-refractivity contribution in [1.82, 2.24) is 0 Å². The van der Waals surface area contributed by atoms with E-state index in [-0.39, 0.29) is 12.8 Å². The van der Waals surface area contributed by atoms with E-state index < -0.39 is 24.0 Å². The highest BCUT2D eigenvalue weighted by Gasteiger charge is 2.19. The van der Waals surface area contributed by atoms with Crippen LogP contribution in [0.3, 0.4) is 0 Å². The van der Waals surface area contributed by atoms with Gasteiger partial charge in [0.05, 0.1) is 12.0 Å². The number of carboxylic acid groups (broad SMARTS) is 2. The molecular formula is C12H22O5. The van der Waals surface area contributed by atoms with Crippen LogP contribution in [0.1, 0.15) is 51.9 Å². The van der Waals surface area contributed by atoms with Gasteiger partial charge in [-0.05, 0) is 25.7 Å². The first kappa shape index (κ1) is 15.9. The lowest BCUT2D eigenvalue weighted by molar-refractivity contribution is -0.143. The summed E-state index contributed by atoms with van der Waals surface area (Å²) in [4.78, 5) is 21.2. The van der Waals surface area contributed by atoms with Gasteiger partial charge in [-0.25, -0.2) is 0 Å². The zero-order valence-electron chi connectivity index (χ0n) is 10.3. The molecule has 2 unspecified atom stereocenters. The summed E-state index contributed by atoms with van der Waals surface area (Å²) in [6.07, 6.45) is 2.90. The standard InChI is InChI=1S/C12H22O5/c1-2-3-4-10(13)7-5-9(12(16)17)6-8-11(14)15/h9-10,13H,2-8H2,1H3,(H,14,15)(H,16,17). The number of carbonyl (C=O) groups is 2. The maximum atomic E-state index is 10.9. The van der Waals surface area contributed by atoms with E-state index in [0.29, 0.717) is 19.3 Å². The maximum absolute atomic E-state index is 10.9. The number of carboxylic acids is 2. The van der Waals surface area contributed by atoms with Gasteiger partial charge in [0, 0.05) is 6.42 Å². The van der Waals surface area contributed by atoms with Crippen molar-refractivity contribution in [2.45, 2.75) is 58.0 Å². The highest BCUT2D eigenvalue weighted by atomic mass is 16.4. The van der Waals surface area contributed by atoms with Crippen molar-refractivity contribution in [1.29, 1.82) is 0 Å². The smallest absolute Gasteiger partial charge is 0.306 e. The molecule has 0 aliphatic heterocycles. The Balaban J connectivity index is 3.91. The van der Waals surface area contributed by atoms with E-state index in [1.807, 2.05) is 6.92 Å². The molecule has 0 saturated carbocycles. The Hall–Kier alpha value is -1.10. The van der Waals surface area contributed by atoms with Crippen LogP contribution in [0.2, 0.25) is 0 Å². The number of hydrogen-bond acceptors (Lipinski definition) is 3. The monoisotopic (exact) mass is 246 g/mol. The van der Waals surface area contributed by atoms with Gasteiger partial charge in [0.15, 0.2) is 0 Å². The molecule has 0 bridgehead atoms. The van der Waals surface area contributed by atoms with Gasteiger partial charge in [-0.2, -0.15) is 0 Å². The SMILES string of the molecule is CCCCC(O)CCC(CCC(=O)O)C(=O)O. The van der Waals surface area contributed by atoms with Crippen molar-refractivity contribution in [2.24, 2.45) is 5.92 Å². The van der Waals surface area contributed by atoms with Gasteiger partial charge in [-0.3, -0.25) is 9.59 Å². The predicted octanol–water partition coefficient (Wildman–Crippen LogP) is 1.88. The molecule has 2 atom stereocenters. The summed E-state index contributed by atoms with van der Waals surface area (Å²) in [5.41, 5.74) is 0. The summed E-state index contributed by atoms with van der Waals surface area (Å²) in [7, 11) is 0. The molecule has 0 saturated heterocycles. The lowest BCUT2D eigenvalue weighted by Gasteiger charge is -2.14. The Morgan fingerprint density at radius 3 is 2.18 bits per heavy atom. The molecule has 0 heterocycles. The molecule has 0 aliphatic carbocycles. The van der Waals surface area contributed by atoms with E-state index in [0.717, 1.165) is 12.8 Å². The van der Waals surface area contributed by atoms with Crippen LogP contribution in [-0.4, -0.2) is 33.4 Å². The molecule has 0 fully saturated rings. The second kappa shape index (κ2) is 8.98. The Morgan fingerprint density at radius 2 is 1.71 bits per heavy atom. The van der Waals surface area contributed by atoms with Crippen molar-refractivity contribution in [3.05, 3.63) is 0 Å². The highest BCUT2D eigenvalue weighted by molar-refractivity contribution is 5.72. The van der Waals surface area contributed by atoms with Crippen LogP contribution in [0, 0.1) is 5.92 Å². The first-order valence-electron chi connectivity index (χ1n) is 6.10. The van der Waals surface area contributed by atoms with E-state index in [2.05, 4.69) is 0 Å². The highest BCUT2D eigenvalue weighted by Crippen LogP contribution is 2.17. The van der Waals surface area contributed by atoms with Gasteiger partial charge in [-0.15, -0.1) is 0 Å². The number of aliphatic hydroxyl groups excluding tert-OH is 1. The minimum Gasteiger partial charge on any atom is -0.481 e.